The van der Waals surface area contributed by atoms with Gasteiger partial charge in [-0.15, -0.1) is 0 Å². The zero-order chi connectivity index (χ0) is 13.7. The zero-order valence-electron chi connectivity index (χ0n) is 10.5. The number of carbonyl (C=O) groups excluding carboxylic acids is 2. The summed E-state index contributed by atoms with van der Waals surface area (Å²) in [5.41, 5.74) is 0.981. The maximum atomic E-state index is 11.2. The molecular formula is C15H14O4. The van der Waals surface area contributed by atoms with Gasteiger partial charge in [0.2, 0.25) is 0 Å². The van der Waals surface area contributed by atoms with Crippen LogP contribution in [0.4, 0.5) is 0 Å². The molecule has 0 saturated carbocycles. The summed E-state index contributed by atoms with van der Waals surface area (Å²) in [6.07, 6.45) is 5.17. The number of hydrogen-bond acceptors (Lipinski definition) is 4. The van der Waals surface area contributed by atoms with E-state index >= 15 is 0 Å². The third-order valence-electron chi connectivity index (χ3n) is 2.58. The van der Waals surface area contributed by atoms with Crippen molar-refractivity contribution in [1.29, 1.82) is 0 Å². The van der Waals surface area contributed by atoms with Crippen molar-refractivity contribution in [3.63, 3.8) is 0 Å². The van der Waals surface area contributed by atoms with Crippen LogP contribution in [0.5, 0.6) is 0 Å². The average molecular weight is 258 g/mol. The topological polar surface area (TPSA) is 52.6 Å². The van der Waals surface area contributed by atoms with Crippen LogP contribution in [0.15, 0.2) is 48.6 Å². The molecule has 0 bridgehead atoms. The van der Waals surface area contributed by atoms with Crippen LogP contribution in [-0.4, -0.2) is 24.1 Å². The first-order chi connectivity index (χ1) is 9.15. The van der Waals surface area contributed by atoms with E-state index in [1.807, 2.05) is 36.4 Å². The van der Waals surface area contributed by atoms with Gasteiger partial charge in [0.05, 0.1) is 0 Å². The molecular weight excluding hydrogens is 244 g/mol. The summed E-state index contributed by atoms with van der Waals surface area (Å²) in [6.45, 7) is 1.32. The number of ether oxygens (including phenoxy) is 2. The summed E-state index contributed by atoms with van der Waals surface area (Å²) in [4.78, 5) is 22.2. The molecule has 0 aliphatic carbocycles. The molecule has 1 aromatic rings. The van der Waals surface area contributed by atoms with Crippen LogP contribution >= 0.6 is 0 Å². The fourth-order valence-corrected chi connectivity index (χ4v) is 1.74. The van der Waals surface area contributed by atoms with Crippen molar-refractivity contribution in [3.8, 4) is 0 Å². The van der Waals surface area contributed by atoms with Crippen LogP contribution in [0.25, 0.3) is 6.08 Å². The molecule has 2 atom stereocenters. The van der Waals surface area contributed by atoms with E-state index in [-0.39, 0.29) is 0 Å². The lowest BCUT2D eigenvalue weighted by molar-refractivity contribution is -0.158. The Labute approximate surface area is 111 Å². The monoisotopic (exact) mass is 258 g/mol. The first kappa shape index (κ1) is 13.1. The summed E-state index contributed by atoms with van der Waals surface area (Å²) in [5.74, 6) is -0.850. The highest BCUT2D eigenvalue weighted by Crippen LogP contribution is 2.15. The van der Waals surface area contributed by atoms with E-state index in [4.69, 9.17) is 9.47 Å². The van der Waals surface area contributed by atoms with E-state index in [9.17, 15) is 9.59 Å². The van der Waals surface area contributed by atoms with E-state index < -0.39 is 24.1 Å². The molecule has 19 heavy (non-hydrogen) atoms. The molecule has 1 aliphatic rings. The average Bonchev–Trinajstić information content (AvgIpc) is 2.40. The second-order valence-electron chi connectivity index (χ2n) is 4.10. The van der Waals surface area contributed by atoms with E-state index in [0.29, 0.717) is 0 Å². The first-order valence-corrected chi connectivity index (χ1v) is 5.94. The van der Waals surface area contributed by atoms with Crippen molar-refractivity contribution in [3.05, 3.63) is 54.1 Å². The smallest absolute Gasteiger partial charge is 0.331 e. The number of rotatable bonds is 3. The van der Waals surface area contributed by atoms with Gasteiger partial charge in [-0.1, -0.05) is 36.4 Å². The fourth-order valence-electron chi connectivity index (χ4n) is 1.74. The van der Waals surface area contributed by atoms with Gasteiger partial charge in [-0.3, -0.25) is 4.79 Å². The van der Waals surface area contributed by atoms with Gasteiger partial charge in [0.15, 0.2) is 12.2 Å². The lowest BCUT2D eigenvalue weighted by atomic mass is 10.1. The van der Waals surface area contributed by atoms with Gasteiger partial charge < -0.3 is 9.47 Å². The first-order valence-electron chi connectivity index (χ1n) is 5.94. The number of cyclic esters (lactones) is 1. The van der Waals surface area contributed by atoms with Gasteiger partial charge in [0, 0.05) is 13.0 Å². The van der Waals surface area contributed by atoms with E-state index in [1.54, 1.807) is 6.08 Å². The Bertz CT molecular complexity index is 516. The van der Waals surface area contributed by atoms with Crippen LogP contribution in [0.3, 0.4) is 0 Å². The van der Waals surface area contributed by atoms with Crippen molar-refractivity contribution >= 4 is 18.0 Å². The Morgan fingerprint density at radius 2 is 2.05 bits per heavy atom. The Morgan fingerprint density at radius 1 is 1.32 bits per heavy atom. The largest absolute Gasteiger partial charge is 0.454 e. The van der Waals surface area contributed by atoms with Crippen molar-refractivity contribution in [1.82, 2.24) is 0 Å². The van der Waals surface area contributed by atoms with Crippen LogP contribution < -0.4 is 0 Å². The van der Waals surface area contributed by atoms with Gasteiger partial charge in [-0.25, -0.2) is 4.79 Å². The number of hydrogen-bond donors (Lipinski definition) is 0. The number of benzene rings is 1. The van der Waals surface area contributed by atoms with E-state index in [0.717, 1.165) is 5.56 Å². The van der Waals surface area contributed by atoms with E-state index in [2.05, 4.69) is 0 Å². The van der Waals surface area contributed by atoms with Gasteiger partial charge in [0.1, 0.15) is 0 Å². The van der Waals surface area contributed by atoms with E-state index in [1.165, 1.54) is 19.1 Å². The van der Waals surface area contributed by atoms with Crippen molar-refractivity contribution in [2.45, 2.75) is 19.1 Å². The Kier molecular flexibility index (Phi) is 4.13. The Hall–Kier alpha value is -2.36. The van der Waals surface area contributed by atoms with Crippen LogP contribution in [-0.2, 0) is 19.1 Å². The Balaban J connectivity index is 2.11. The summed E-state index contributed by atoms with van der Waals surface area (Å²) in [5, 5.41) is 0. The third kappa shape index (κ3) is 3.81. The summed E-state index contributed by atoms with van der Waals surface area (Å²) in [6, 6.07) is 9.60. The molecule has 1 aromatic carbocycles. The van der Waals surface area contributed by atoms with Crippen molar-refractivity contribution < 1.29 is 19.1 Å². The SMILES string of the molecule is CC(=O)O[C@H]1C=CC(=O)O[C@H]1/C=C/c1ccccc1. The molecule has 0 amide bonds. The van der Waals surface area contributed by atoms with Crippen LogP contribution in [0.1, 0.15) is 12.5 Å². The normalized spacial score (nSPS) is 22.3. The highest BCUT2D eigenvalue weighted by atomic mass is 16.6. The molecule has 0 saturated heterocycles. The molecule has 2 rings (SSSR count). The maximum absolute atomic E-state index is 11.2. The van der Waals surface area contributed by atoms with Gasteiger partial charge in [0.25, 0.3) is 0 Å². The Morgan fingerprint density at radius 3 is 2.74 bits per heavy atom. The van der Waals surface area contributed by atoms with Crippen molar-refractivity contribution in [2.75, 3.05) is 0 Å². The quantitative estimate of drug-likeness (QED) is 0.779. The highest BCUT2D eigenvalue weighted by Gasteiger charge is 2.26. The lowest BCUT2D eigenvalue weighted by Crippen LogP contribution is -2.34. The highest BCUT2D eigenvalue weighted by molar-refractivity contribution is 5.83. The molecule has 98 valence electrons. The molecule has 0 fully saturated rings. The minimum absolute atomic E-state index is 0.411. The molecule has 0 aromatic heterocycles. The number of carbonyl (C=O) groups is 2. The zero-order valence-corrected chi connectivity index (χ0v) is 10.5. The summed E-state index contributed by atoms with van der Waals surface area (Å²) < 4.78 is 10.2. The predicted octanol–water partition coefficient (Wildman–Crippen LogP) is 2.11. The molecule has 0 radical (unpaired) electrons. The number of esters is 2. The molecule has 4 nitrogen and oxygen atoms in total. The molecule has 4 heteroatoms. The predicted molar refractivity (Wildman–Crippen MR) is 70.1 cm³/mol. The molecule has 0 unspecified atom stereocenters. The van der Waals surface area contributed by atoms with Crippen LogP contribution in [0.2, 0.25) is 0 Å². The second-order valence-corrected chi connectivity index (χ2v) is 4.10. The van der Waals surface area contributed by atoms with Crippen molar-refractivity contribution in [2.24, 2.45) is 0 Å². The maximum Gasteiger partial charge on any atom is 0.331 e. The third-order valence-corrected chi connectivity index (χ3v) is 2.58. The molecule has 1 heterocycles. The fraction of sp³-hybridized carbons (Fsp3) is 0.200. The summed E-state index contributed by atoms with van der Waals surface area (Å²) >= 11 is 0. The van der Waals surface area contributed by atoms with Gasteiger partial charge >= 0.3 is 11.9 Å². The summed E-state index contributed by atoms with van der Waals surface area (Å²) in [7, 11) is 0. The van der Waals surface area contributed by atoms with Gasteiger partial charge in [-0.2, -0.15) is 0 Å². The van der Waals surface area contributed by atoms with Gasteiger partial charge in [-0.05, 0) is 17.7 Å². The van der Waals surface area contributed by atoms with Crippen LogP contribution in [0, 0.1) is 0 Å². The molecule has 1 aliphatic heterocycles. The lowest BCUT2D eigenvalue weighted by Gasteiger charge is -2.24. The minimum atomic E-state index is -0.596. The minimum Gasteiger partial charge on any atom is -0.454 e. The standard InChI is InChI=1S/C15H14O4/c1-11(16)18-13-9-10-15(17)19-14(13)8-7-12-5-3-2-4-6-12/h2-10,13-14H,1H3/b8-7+/t13-,14-/m0/s1. The molecule has 0 N–H and O–H groups in total. The second kappa shape index (κ2) is 6.00. The molecule has 0 spiro atoms.